The SMILES string of the molecule is CNCc1cccc(SCCC2CC2)c1. The van der Waals surface area contributed by atoms with Crippen LogP contribution in [-0.4, -0.2) is 12.8 Å². The predicted molar refractivity (Wildman–Crippen MR) is 67.3 cm³/mol. The van der Waals surface area contributed by atoms with Gasteiger partial charge in [0.05, 0.1) is 0 Å². The molecule has 15 heavy (non-hydrogen) atoms. The fourth-order valence-electron chi connectivity index (χ4n) is 1.70. The molecule has 0 amide bonds. The fourth-order valence-corrected chi connectivity index (χ4v) is 2.80. The highest BCUT2D eigenvalue weighted by atomic mass is 32.2. The molecule has 2 rings (SSSR count). The summed E-state index contributed by atoms with van der Waals surface area (Å²) in [6, 6.07) is 8.86. The molecule has 1 nitrogen and oxygen atoms in total. The van der Waals surface area contributed by atoms with Crippen LogP contribution in [0.25, 0.3) is 0 Å². The lowest BCUT2D eigenvalue weighted by Crippen LogP contribution is -2.04. The van der Waals surface area contributed by atoms with E-state index in [4.69, 9.17) is 0 Å². The molecule has 1 aliphatic carbocycles. The van der Waals surface area contributed by atoms with E-state index < -0.39 is 0 Å². The third-order valence-corrected chi connectivity index (χ3v) is 3.80. The van der Waals surface area contributed by atoms with Gasteiger partial charge in [-0.25, -0.2) is 0 Å². The first-order valence-electron chi connectivity index (χ1n) is 5.75. The van der Waals surface area contributed by atoms with Gasteiger partial charge < -0.3 is 5.32 Å². The van der Waals surface area contributed by atoms with Crippen LogP contribution in [0.3, 0.4) is 0 Å². The molecule has 2 heteroatoms. The Bertz CT molecular complexity index is 307. The monoisotopic (exact) mass is 221 g/mol. The van der Waals surface area contributed by atoms with Crippen LogP contribution in [0.4, 0.5) is 0 Å². The van der Waals surface area contributed by atoms with Gasteiger partial charge in [-0.05, 0) is 42.8 Å². The van der Waals surface area contributed by atoms with Crippen LogP contribution < -0.4 is 5.32 Å². The molecule has 1 aromatic carbocycles. The topological polar surface area (TPSA) is 12.0 Å². The lowest BCUT2D eigenvalue weighted by Gasteiger charge is -2.04. The molecule has 1 fully saturated rings. The summed E-state index contributed by atoms with van der Waals surface area (Å²) in [5.41, 5.74) is 1.38. The molecule has 0 spiro atoms. The third kappa shape index (κ3) is 3.88. The van der Waals surface area contributed by atoms with Crippen molar-refractivity contribution in [2.45, 2.75) is 30.7 Å². The van der Waals surface area contributed by atoms with Gasteiger partial charge in [-0.2, -0.15) is 0 Å². The summed E-state index contributed by atoms with van der Waals surface area (Å²) in [6.07, 6.45) is 4.35. The van der Waals surface area contributed by atoms with E-state index in [0.717, 1.165) is 12.5 Å². The standard InChI is InChI=1S/C13H19NS/c1-14-10-12-3-2-4-13(9-12)15-8-7-11-5-6-11/h2-4,9,11,14H,5-8,10H2,1H3. The smallest absolute Gasteiger partial charge is 0.0202 e. The Morgan fingerprint density at radius 1 is 1.40 bits per heavy atom. The molecule has 0 saturated heterocycles. The van der Waals surface area contributed by atoms with Crippen LogP contribution in [0.15, 0.2) is 29.2 Å². The van der Waals surface area contributed by atoms with Crippen molar-refractivity contribution in [3.8, 4) is 0 Å². The van der Waals surface area contributed by atoms with Gasteiger partial charge in [0.1, 0.15) is 0 Å². The van der Waals surface area contributed by atoms with E-state index in [9.17, 15) is 0 Å². The van der Waals surface area contributed by atoms with E-state index in [1.807, 2.05) is 18.8 Å². The number of hydrogen-bond donors (Lipinski definition) is 1. The number of nitrogens with one attached hydrogen (secondary N) is 1. The van der Waals surface area contributed by atoms with Crippen LogP contribution in [0.5, 0.6) is 0 Å². The molecule has 0 unspecified atom stereocenters. The lowest BCUT2D eigenvalue weighted by molar-refractivity contribution is 0.807. The quantitative estimate of drug-likeness (QED) is 0.740. The average molecular weight is 221 g/mol. The molecule has 0 radical (unpaired) electrons. The molecular formula is C13H19NS. The Morgan fingerprint density at radius 2 is 2.27 bits per heavy atom. The van der Waals surface area contributed by atoms with Gasteiger partial charge >= 0.3 is 0 Å². The molecule has 1 N–H and O–H groups in total. The highest BCUT2D eigenvalue weighted by Crippen LogP contribution is 2.34. The summed E-state index contributed by atoms with van der Waals surface area (Å²) < 4.78 is 0. The summed E-state index contributed by atoms with van der Waals surface area (Å²) in [5.74, 6) is 2.34. The van der Waals surface area contributed by atoms with Crippen molar-refractivity contribution in [3.63, 3.8) is 0 Å². The minimum atomic E-state index is 0.969. The van der Waals surface area contributed by atoms with Gasteiger partial charge in [0.25, 0.3) is 0 Å². The Hall–Kier alpha value is -0.470. The van der Waals surface area contributed by atoms with Gasteiger partial charge in [0, 0.05) is 11.4 Å². The summed E-state index contributed by atoms with van der Waals surface area (Å²) in [6.45, 7) is 0.969. The first-order chi connectivity index (χ1) is 7.38. The van der Waals surface area contributed by atoms with Gasteiger partial charge in [0.2, 0.25) is 0 Å². The van der Waals surface area contributed by atoms with E-state index >= 15 is 0 Å². The molecule has 0 aliphatic heterocycles. The van der Waals surface area contributed by atoms with Gasteiger partial charge in [-0.15, -0.1) is 11.8 Å². The molecule has 1 saturated carbocycles. The Morgan fingerprint density at radius 3 is 3.00 bits per heavy atom. The van der Waals surface area contributed by atoms with Crippen LogP contribution in [-0.2, 0) is 6.54 Å². The molecule has 0 aromatic heterocycles. The summed E-state index contributed by atoms with van der Waals surface area (Å²) in [5, 5.41) is 3.19. The highest BCUT2D eigenvalue weighted by Gasteiger charge is 2.20. The minimum absolute atomic E-state index is 0.969. The van der Waals surface area contributed by atoms with Gasteiger partial charge in [0.15, 0.2) is 0 Å². The number of hydrogen-bond acceptors (Lipinski definition) is 2. The van der Waals surface area contributed by atoms with Gasteiger partial charge in [-0.3, -0.25) is 0 Å². The van der Waals surface area contributed by atoms with Crippen LogP contribution >= 0.6 is 11.8 Å². The normalized spacial score (nSPS) is 15.5. The van der Waals surface area contributed by atoms with Crippen molar-refractivity contribution >= 4 is 11.8 Å². The predicted octanol–water partition coefficient (Wildman–Crippen LogP) is 3.30. The van der Waals surface area contributed by atoms with Crippen LogP contribution in [0.1, 0.15) is 24.8 Å². The second-order valence-corrected chi connectivity index (χ2v) is 5.43. The molecule has 1 aromatic rings. The molecule has 82 valence electrons. The zero-order chi connectivity index (χ0) is 10.5. The van der Waals surface area contributed by atoms with Crippen molar-refractivity contribution in [2.75, 3.05) is 12.8 Å². The van der Waals surface area contributed by atoms with E-state index in [1.54, 1.807) is 0 Å². The summed E-state index contributed by atoms with van der Waals surface area (Å²) in [4.78, 5) is 1.42. The maximum Gasteiger partial charge on any atom is 0.0202 e. The van der Waals surface area contributed by atoms with E-state index in [1.165, 1.54) is 35.5 Å². The van der Waals surface area contributed by atoms with Crippen molar-refractivity contribution in [3.05, 3.63) is 29.8 Å². The first-order valence-corrected chi connectivity index (χ1v) is 6.73. The first kappa shape index (κ1) is 11.0. The zero-order valence-electron chi connectivity index (χ0n) is 9.33. The number of rotatable bonds is 6. The fraction of sp³-hybridized carbons (Fsp3) is 0.538. The maximum atomic E-state index is 3.19. The largest absolute Gasteiger partial charge is 0.316 e. The summed E-state index contributed by atoms with van der Waals surface area (Å²) in [7, 11) is 1.99. The highest BCUT2D eigenvalue weighted by molar-refractivity contribution is 7.99. The minimum Gasteiger partial charge on any atom is -0.316 e. The second-order valence-electron chi connectivity index (χ2n) is 4.26. The van der Waals surface area contributed by atoms with Crippen molar-refractivity contribution in [1.29, 1.82) is 0 Å². The number of thioether (sulfide) groups is 1. The molecule has 0 bridgehead atoms. The van der Waals surface area contributed by atoms with E-state index in [2.05, 4.69) is 29.6 Å². The molecule has 0 heterocycles. The molecule has 1 aliphatic rings. The Labute approximate surface area is 96.7 Å². The third-order valence-electron chi connectivity index (χ3n) is 2.77. The molecular weight excluding hydrogens is 202 g/mol. The summed E-state index contributed by atoms with van der Waals surface area (Å²) >= 11 is 2.00. The molecule has 0 atom stereocenters. The Kier molecular flexibility index (Phi) is 4.09. The van der Waals surface area contributed by atoms with Crippen molar-refractivity contribution in [1.82, 2.24) is 5.32 Å². The van der Waals surface area contributed by atoms with Gasteiger partial charge in [-0.1, -0.05) is 25.0 Å². The van der Waals surface area contributed by atoms with Crippen molar-refractivity contribution < 1.29 is 0 Å². The second kappa shape index (κ2) is 5.57. The van der Waals surface area contributed by atoms with E-state index in [0.29, 0.717) is 0 Å². The van der Waals surface area contributed by atoms with Crippen molar-refractivity contribution in [2.24, 2.45) is 5.92 Å². The zero-order valence-corrected chi connectivity index (χ0v) is 10.1. The van der Waals surface area contributed by atoms with E-state index in [-0.39, 0.29) is 0 Å². The maximum absolute atomic E-state index is 3.19. The Balaban J connectivity index is 1.80. The lowest BCUT2D eigenvalue weighted by atomic mass is 10.2. The van der Waals surface area contributed by atoms with Crippen LogP contribution in [0.2, 0.25) is 0 Å². The average Bonchev–Trinajstić information content (AvgIpc) is 3.03. The van der Waals surface area contributed by atoms with Crippen LogP contribution in [0, 0.1) is 5.92 Å². The number of benzene rings is 1.